The molecule has 8 heteroatoms. The van der Waals surface area contributed by atoms with E-state index in [0.717, 1.165) is 31.2 Å². The molecule has 7 nitrogen and oxygen atoms in total. The minimum absolute atomic E-state index is 0.0799. The van der Waals surface area contributed by atoms with Gasteiger partial charge in [0.2, 0.25) is 12.3 Å². The average molecular weight is 429 g/mol. The summed E-state index contributed by atoms with van der Waals surface area (Å²) in [4.78, 5) is 32.0. The molecule has 0 bridgehead atoms. The Kier molecular flexibility index (Phi) is 8.06. The Morgan fingerprint density at radius 2 is 1.94 bits per heavy atom. The number of nitrogens with zero attached hydrogens (tertiary/aromatic N) is 3. The molecule has 0 spiro atoms. The van der Waals surface area contributed by atoms with Crippen molar-refractivity contribution in [3.05, 3.63) is 58.9 Å². The fraction of sp³-hybridized carbons (Fsp3) is 0.478. The first kappa shape index (κ1) is 22.8. The van der Waals surface area contributed by atoms with E-state index in [-0.39, 0.29) is 36.8 Å². The van der Waals surface area contributed by atoms with Crippen molar-refractivity contribution in [1.29, 1.82) is 0 Å². The van der Waals surface area contributed by atoms with E-state index in [4.69, 9.17) is 0 Å². The normalized spacial score (nSPS) is 14.9. The number of carbonyl (C=O) groups excluding carboxylic acids is 2. The largest absolute Gasteiger partial charge is 0.350 e. The van der Waals surface area contributed by atoms with Crippen LogP contribution in [0.15, 0.2) is 30.3 Å². The van der Waals surface area contributed by atoms with Gasteiger partial charge in [-0.3, -0.25) is 14.8 Å². The number of nitrogens with one attached hydrogen (secondary N) is 1. The van der Waals surface area contributed by atoms with E-state index in [9.17, 15) is 14.8 Å². The number of aromatic nitrogens is 2. The van der Waals surface area contributed by atoms with Gasteiger partial charge >= 0.3 is 0 Å². The summed E-state index contributed by atoms with van der Waals surface area (Å²) < 4.78 is 15.0. The number of hydrogen-bond acceptors (Lipinski definition) is 5. The number of hydrogen-bond donors (Lipinski definition) is 2. The van der Waals surface area contributed by atoms with Gasteiger partial charge in [-0.15, -0.1) is 0 Å². The first-order chi connectivity index (χ1) is 15.0. The second-order valence-electron chi connectivity index (χ2n) is 8.17. The summed E-state index contributed by atoms with van der Waals surface area (Å²) in [5.74, 6) is -0.590. The molecule has 1 aromatic heterocycles. The van der Waals surface area contributed by atoms with Gasteiger partial charge in [0, 0.05) is 6.42 Å². The predicted octanol–water partition coefficient (Wildman–Crippen LogP) is 3.18. The molecular weight excluding hydrogens is 399 g/mol. The first-order valence-electron chi connectivity index (χ1n) is 10.7. The highest BCUT2D eigenvalue weighted by molar-refractivity contribution is 5.79. The van der Waals surface area contributed by atoms with Gasteiger partial charge in [-0.2, -0.15) is 0 Å². The van der Waals surface area contributed by atoms with Gasteiger partial charge in [0.15, 0.2) is 5.82 Å². The van der Waals surface area contributed by atoms with Gasteiger partial charge in [0.1, 0.15) is 5.82 Å². The monoisotopic (exact) mass is 428 g/mol. The van der Waals surface area contributed by atoms with Crippen LogP contribution in [0.1, 0.15) is 54.9 Å². The summed E-state index contributed by atoms with van der Waals surface area (Å²) in [6.07, 6.45) is 5.55. The maximum Gasteiger partial charge on any atom is 0.233 e. The molecule has 1 aliphatic rings. The first-order valence-corrected chi connectivity index (χ1v) is 10.7. The smallest absolute Gasteiger partial charge is 0.233 e. The molecule has 166 valence electrons. The fourth-order valence-electron chi connectivity index (χ4n) is 4.20. The van der Waals surface area contributed by atoms with Crippen molar-refractivity contribution in [2.24, 2.45) is 11.8 Å². The molecule has 31 heavy (non-hydrogen) atoms. The summed E-state index contributed by atoms with van der Waals surface area (Å²) in [6.45, 7) is 1.52. The molecule has 2 amide bonds. The van der Waals surface area contributed by atoms with E-state index >= 15 is 4.39 Å². The Bertz CT molecular complexity index is 888. The van der Waals surface area contributed by atoms with E-state index < -0.39 is 11.7 Å². The predicted molar refractivity (Wildman–Crippen MR) is 112 cm³/mol. The maximum atomic E-state index is 15.0. The van der Waals surface area contributed by atoms with Gasteiger partial charge in [-0.25, -0.2) is 19.4 Å². The minimum Gasteiger partial charge on any atom is -0.350 e. The average Bonchev–Trinajstić information content (AvgIpc) is 3.28. The third kappa shape index (κ3) is 6.55. The summed E-state index contributed by atoms with van der Waals surface area (Å²) in [7, 11) is 0. The van der Waals surface area contributed by atoms with Crippen LogP contribution >= 0.6 is 0 Å². The van der Waals surface area contributed by atoms with Gasteiger partial charge in [0.05, 0.1) is 30.4 Å². The quantitative estimate of drug-likeness (QED) is 0.344. The Balaban J connectivity index is 1.68. The molecule has 1 aromatic carbocycles. The third-order valence-electron chi connectivity index (χ3n) is 5.74. The van der Waals surface area contributed by atoms with Gasteiger partial charge in [-0.05, 0) is 24.8 Å². The zero-order valence-corrected chi connectivity index (χ0v) is 17.8. The minimum atomic E-state index is -0.562. The van der Waals surface area contributed by atoms with Crippen LogP contribution in [-0.4, -0.2) is 39.1 Å². The molecule has 0 saturated heterocycles. The van der Waals surface area contributed by atoms with Crippen molar-refractivity contribution in [1.82, 2.24) is 20.3 Å². The molecule has 1 aliphatic carbocycles. The summed E-state index contributed by atoms with van der Waals surface area (Å²) in [5, 5.41) is 12.8. The lowest BCUT2D eigenvalue weighted by Gasteiger charge is -2.22. The zero-order valence-electron chi connectivity index (χ0n) is 17.8. The van der Waals surface area contributed by atoms with Crippen molar-refractivity contribution >= 4 is 12.3 Å². The highest BCUT2D eigenvalue weighted by Gasteiger charge is 2.27. The summed E-state index contributed by atoms with van der Waals surface area (Å²) in [5.41, 5.74) is 1.35. The SMILES string of the molecule is Cc1nc(CNC(=O)[C@H](CC2CCCC2)CN(O)C=O)c(F)c(Cc2ccccc2)n1. The van der Waals surface area contributed by atoms with Crippen LogP contribution in [0.4, 0.5) is 4.39 Å². The topological polar surface area (TPSA) is 95.4 Å². The van der Waals surface area contributed by atoms with Crippen molar-refractivity contribution < 1.29 is 19.2 Å². The van der Waals surface area contributed by atoms with Crippen LogP contribution < -0.4 is 5.32 Å². The number of hydroxylamine groups is 2. The van der Waals surface area contributed by atoms with E-state index in [2.05, 4.69) is 15.3 Å². The molecule has 3 rings (SSSR count). The van der Waals surface area contributed by atoms with Crippen LogP contribution in [0.5, 0.6) is 0 Å². The lowest BCUT2D eigenvalue weighted by Crippen LogP contribution is -2.38. The molecule has 1 saturated carbocycles. The van der Waals surface area contributed by atoms with Crippen LogP contribution in [0.2, 0.25) is 0 Å². The van der Waals surface area contributed by atoms with Crippen LogP contribution in [0.3, 0.4) is 0 Å². The number of amides is 2. The van der Waals surface area contributed by atoms with Crippen molar-refractivity contribution in [3.63, 3.8) is 0 Å². The van der Waals surface area contributed by atoms with E-state index in [1.807, 2.05) is 30.3 Å². The summed E-state index contributed by atoms with van der Waals surface area (Å²) in [6, 6.07) is 9.47. The van der Waals surface area contributed by atoms with Gasteiger partial charge in [0.25, 0.3) is 0 Å². The van der Waals surface area contributed by atoms with E-state index in [1.54, 1.807) is 6.92 Å². The number of aryl methyl sites for hydroxylation is 1. The van der Waals surface area contributed by atoms with Crippen LogP contribution in [-0.2, 0) is 22.6 Å². The molecule has 2 N–H and O–H groups in total. The lowest BCUT2D eigenvalue weighted by atomic mass is 9.92. The van der Waals surface area contributed by atoms with Crippen LogP contribution in [0.25, 0.3) is 0 Å². The zero-order chi connectivity index (χ0) is 22.2. The maximum absolute atomic E-state index is 15.0. The summed E-state index contributed by atoms with van der Waals surface area (Å²) >= 11 is 0. The Hall–Kier alpha value is -2.87. The molecular formula is C23H29FN4O3. The Labute approximate surface area is 181 Å². The molecule has 0 radical (unpaired) electrons. The second kappa shape index (κ2) is 10.9. The molecule has 0 unspecified atom stereocenters. The van der Waals surface area contributed by atoms with Crippen molar-refractivity contribution in [2.45, 2.75) is 52.0 Å². The number of halogens is 1. The molecule has 0 aliphatic heterocycles. The van der Waals surface area contributed by atoms with Crippen molar-refractivity contribution in [2.75, 3.05) is 6.54 Å². The Morgan fingerprint density at radius 3 is 2.61 bits per heavy atom. The van der Waals surface area contributed by atoms with Crippen molar-refractivity contribution in [3.8, 4) is 0 Å². The number of carbonyl (C=O) groups is 2. The Morgan fingerprint density at radius 1 is 1.26 bits per heavy atom. The molecule has 1 fully saturated rings. The highest BCUT2D eigenvalue weighted by atomic mass is 19.1. The van der Waals surface area contributed by atoms with E-state index in [1.165, 1.54) is 0 Å². The highest BCUT2D eigenvalue weighted by Crippen LogP contribution is 2.30. The van der Waals surface area contributed by atoms with Crippen LogP contribution in [0, 0.1) is 24.6 Å². The number of rotatable bonds is 10. The third-order valence-corrected chi connectivity index (χ3v) is 5.74. The van der Waals surface area contributed by atoms with Gasteiger partial charge in [-0.1, -0.05) is 56.0 Å². The fourth-order valence-corrected chi connectivity index (χ4v) is 4.20. The van der Waals surface area contributed by atoms with E-state index in [0.29, 0.717) is 29.6 Å². The standard InChI is InChI=1S/C23H29FN4O3/c1-16-26-20(12-18-7-3-2-4-8-18)22(24)21(27-16)13-25-23(30)19(14-28(31)15-29)11-17-9-5-6-10-17/h2-4,7-8,15,17,19,31H,5-6,9-14H2,1H3,(H,25,30)/t19-/m1/s1. The molecule has 1 heterocycles. The second-order valence-corrected chi connectivity index (χ2v) is 8.17. The lowest BCUT2D eigenvalue weighted by molar-refractivity contribution is -0.155. The molecule has 2 aromatic rings. The van der Waals surface area contributed by atoms with Gasteiger partial charge < -0.3 is 5.32 Å². The number of benzene rings is 1. The molecule has 1 atom stereocenters.